The molecule has 0 radical (unpaired) electrons. The molecule has 3 rings (SSSR count). The van der Waals surface area contributed by atoms with Crippen LogP contribution in [0.5, 0.6) is 0 Å². The third-order valence-corrected chi connectivity index (χ3v) is 3.75. The average molecular weight is 287 g/mol. The van der Waals surface area contributed by atoms with Crippen LogP contribution < -0.4 is 4.43 Å². The number of non-ortho nitro benzene ring substituents is 1. The minimum atomic E-state index is -0.504. The van der Waals surface area contributed by atoms with Crippen LogP contribution >= 0.6 is 0 Å². The molecule has 1 heterocycles. The van der Waals surface area contributed by atoms with Gasteiger partial charge < -0.3 is 9.94 Å². The lowest BCUT2D eigenvalue weighted by molar-refractivity contribution is -0.506. The van der Waals surface area contributed by atoms with Crippen LogP contribution in [0.4, 0.5) is 5.69 Å². The predicted molar refractivity (Wildman–Crippen MR) is 75.3 cm³/mol. The number of aromatic nitrogens is 2. The Bertz CT molecular complexity index is 765. The summed E-state index contributed by atoms with van der Waals surface area (Å²) >= 11 is 0. The van der Waals surface area contributed by atoms with Crippen molar-refractivity contribution in [3.8, 4) is 11.3 Å². The van der Waals surface area contributed by atoms with E-state index in [4.69, 9.17) is 0 Å². The van der Waals surface area contributed by atoms with Crippen molar-refractivity contribution in [2.45, 2.75) is 25.7 Å². The Balaban J connectivity index is 2.12. The molecule has 7 heteroatoms. The minimum Gasteiger partial charge on any atom is -0.805 e. The molecule has 2 aromatic rings. The zero-order valence-corrected chi connectivity index (χ0v) is 11.2. The largest absolute Gasteiger partial charge is 0.805 e. The van der Waals surface area contributed by atoms with Crippen LogP contribution in [0, 0.1) is 20.2 Å². The number of nitro benzene ring substituents is 1. The fourth-order valence-corrected chi connectivity index (χ4v) is 2.66. The van der Waals surface area contributed by atoms with E-state index >= 15 is 0 Å². The number of nitrogens with zero attached hydrogens (tertiary/aromatic N) is 3. The Kier molecular flexibility index (Phi) is 3.17. The monoisotopic (exact) mass is 287 g/mol. The maximum absolute atomic E-state index is 12.4. The second-order valence-electron chi connectivity index (χ2n) is 5.04. The molecule has 0 unspecified atom stereocenters. The van der Waals surface area contributed by atoms with Gasteiger partial charge in [0.05, 0.1) is 15.0 Å². The van der Waals surface area contributed by atoms with E-state index in [9.17, 15) is 20.2 Å². The molecule has 0 fully saturated rings. The fourth-order valence-electron chi connectivity index (χ4n) is 2.66. The van der Waals surface area contributed by atoms with Crippen LogP contribution in [0.2, 0.25) is 0 Å². The standard InChI is InChI=1S/C14H13N3O4/c18-15-9-14(10-5-7-11(8-6-10)17(20)21)16(19)13-4-2-1-3-12(13)15/h5-9H,1-4H2. The van der Waals surface area contributed by atoms with Crippen molar-refractivity contribution >= 4 is 5.69 Å². The van der Waals surface area contributed by atoms with Crippen molar-refractivity contribution < 1.29 is 9.35 Å². The van der Waals surface area contributed by atoms with Gasteiger partial charge in [-0.3, -0.25) is 10.1 Å². The van der Waals surface area contributed by atoms with E-state index in [0.717, 1.165) is 22.0 Å². The Morgan fingerprint density at radius 2 is 1.81 bits per heavy atom. The maximum atomic E-state index is 12.4. The Labute approximate surface area is 119 Å². The van der Waals surface area contributed by atoms with Gasteiger partial charge in [0, 0.05) is 29.0 Å². The second kappa shape index (κ2) is 5.01. The van der Waals surface area contributed by atoms with Crippen LogP contribution in [0.1, 0.15) is 24.2 Å². The lowest BCUT2D eigenvalue weighted by Gasteiger charge is -2.23. The van der Waals surface area contributed by atoms with Crippen LogP contribution in [0.15, 0.2) is 30.5 Å². The molecule has 7 nitrogen and oxygen atoms in total. The highest BCUT2D eigenvalue weighted by atomic mass is 16.6. The Morgan fingerprint density at radius 3 is 2.48 bits per heavy atom. The van der Waals surface area contributed by atoms with Crippen molar-refractivity contribution in [3.05, 3.63) is 62.1 Å². The van der Waals surface area contributed by atoms with Crippen molar-refractivity contribution in [2.24, 2.45) is 0 Å². The number of fused-ring (bicyclic) bond motifs is 1. The molecule has 0 saturated heterocycles. The molecule has 0 N–H and O–H groups in total. The Morgan fingerprint density at radius 1 is 1.14 bits per heavy atom. The second-order valence-corrected chi connectivity index (χ2v) is 5.04. The highest BCUT2D eigenvalue weighted by molar-refractivity contribution is 5.61. The van der Waals surface area contributed by atoms with E-state index in [1.165, 1.54) is 30.5 Å². The third kappa shape index (κ3) is 2.26. The van der Waals surface area contributed by atoms with E-state index in [2.05, 4.69) is 0 Å². The summed E-state index contributed by atoms with van der Waals surface area (Å²) in [5.74, 6) is 0. The van der Waals surface area contributed by atoms with Crippen molar-refractivity contribution in [3.63, 3.8) is 0 Å². The fraction of sp³-hybridized carbons (Fsp3) is 0.286. The van der Waals surface area contributed by atoms with Gasteiger partial charge in [-0.15, -0.1) is 0 Å². The van der Waals surface area contributed by atoms with Gasteiger partial charge in [-0.2, -0.15) is 0 Å². The first kappa shape index (κ1) is 13.3. The molecular weight excluding hydrogens is 274 g/mol. The molecule has 0 aliphatic heterocycles. The van der Waals surface area contributed by atoms with Crippen molar-refractivity contribution in [1.29, 1.82) is 0 Å². The quantitative estimate of drug-likeness (QED) is 0.480. The normalized spacial score (nSPS) is 13.7. The average Bonchev–Trinajstić information content (AvgIpc) is 2.51. The molecule has 1 aromatic carbocycles. The summed E-state index contributed by atoms with van der Waals surface area (Å²) in [7, 11) is 0. The molecule has 0 atom stereocenters. The van der Waals surface area contributed by atoms with Crippen LogP contribution in [-0.4, -0.2) is 9.65 Å². The summed E-state index contributed by atoms with van der Waals surface area (Å²) < 4.78 is 1.53. The SMILES string of the molecule is O=[N+]([O-])c1ccc(-c2c[n+](=O)c3c(n2[O-])CCCC3)cc1. The zero-order chi connectivity index (χ0) is 15.0. The van der Waals surface area contributed by atoms with Gasteiger partial charge in [0.1, 0.15) is 5.69 Å². The molecule has 1 aromatic heterocycles. The minimum absolute atomic E-state index is 0.0517. The van der Waals surface area contributed by atoms with Gasteiger partial charge in [0.2, 0.25) is 0 Å². The summed E-state index contributed by atoms with van der Waals surface area (Å²) in [6, 6.07) is 5.61. The topological polar surface area (TPSA) is 94.1 Å². The van der Waals surface area contributed by atoms with E-state index < -0.39 is 4.92 Å². The Hall–Kier alpha value is -2.70. The van der Waals surface area contributed by atoms with Crippen LogP contribution in [0.25, 0.3) is 11.3 Å². The lowest BCUT2D eigenvalue weighted by Crippen LogP contribution is -2.29. The number of hydrogen-bond donors (Lipinski definition) is 0. The molecule has 0 amide bonds. The molecule has 0 saturated carbocycles. The molecule has 0 spiro atoms. The van der Waals surface area contributed by atoms with Gasteiger partial charge in [-0.25, -0.2) is 0 Å². The molecule has 1 aliphatic rings. The molecular formula is C14H13N3O4. The first-order chi connectivity index (χ1) is 10.1. The summed E-state index contributed by atoms with van der Waals surface area (Å²) in [5, 5.41) is 23.1. The predicted octanol–water partition coefficient (Wildman–Crippen LogP) is 2.20. The summed E-state index contributed by atoms with van der Waals surface area (Å²) in [5.41, 5.74) is 1.70. The summed E-state index contributed by atoms with van der Waals surface area (Å²) in [6.07, 6.45) is 4.24. The number of rotatable bonds is 2. The smallest absolute Gasteiger partial charge is 0.269 e. The number of hydrogen-bond acceptors (Lipinski definition) is 4. The van der Waals surface area contributed by atoms with Crippen LogP contribution in [0.3, 0.4) is 0 Å². The number of nitro groups is 1. The third-order valence-electron chi connectivity index (χ3n) is 3.75. The highest BCUT2D eigenvalue weighted by Gasteiger charge is 2.23. The summed E-state index contributed by atoms with van der Waals surface area (Å²) in [4.78, 5) is 22.2. The molecule has 21 heavy (non-hydrogen) atoms. The van der Waals surface area contributed by atoms with Crippen molar-refractivity contribution in [2.75, 3.05) is 0 Å². The summed E-state index contributed by atoms with van der Waals surface area (Å²) in [6.45, 7) is 0. The lowest BCUT2D eigenvalue weighted by atomic mass is 10.00. The molecule has 1 aliphatic carbocycles. The number of benzene rings is 1. The van der Waals surface area contributed by atoms with Gasteiger partial charge in [-0.05, 0) is 31.4 Å². The van der Waals surface area contributed by atoms with Crippen molar-refractivity contribution in [1.82, 2.24) is 4.73 Å². The van der Waals surface area contributed by atoms with Gasteiger partial charge in [0.25, 0.3) is 17.6 Å². The highest BCUT2D eigenvalue weighted by Crippen LogP contribution is 2.25. The molecule has 108 valence electrons. The van der Waals surface area contributed by atoms with Gasteiger partial charge >= 0.3 is 0 Å². The first-order valence-electron chi connectivity index (χ1n) is 6.70. The maximum Gasteiger partial charge on any atom is 0.269 e. The van der Waals surface area contributed by atoms with Gasteiger partial charge in [-0.1, -0.05) is 0 Å². The van der Waals surface area contributed by atoms with E-state index in [-0.39, 0.29) is 11.4 Å². The van der Waals surface area contributed by atoms with Crippen LogP contribution in [-0.2, 0) is 12.8 Å². The zero-order valence-electron chi connectivity index (χ0n) is 11.2. The van der Waals surface area contributed by atoms with E-state index in [0.29, 0.717) is 29.8 Å². The van der Waals surface area contributed by atoms with E-state index in [1.54, 1.807) is 0 Å². The van der Waals surface area contributed by atoms with E-state index in [1.807, 2.05) is 0 Å². The first-order valence-corrected chi connectivity index (χ1v) is 6.70. The molecule has 0 bridgehead atoms. The van der Waals surface area contributed by atoms with Gasteiger partial charge in [0.15, 0.2) is 0 Å².